The molecule has 0 bridgehead atoms. The van der Waals surface area contributed by atoms with Crippen LogP contribution in [0, 0.1) is 11.8 Å². The first-order chi connectivity index (χ1) is 7.47. The second-order valence-electron chi connectivity index (χ2n) is 5.58. The third kappa shape index (κ3) is 6.15. The molecule has 1 fully saturated rings. The number of rotatable bonds is 3. The fourth-order valence-electron chi connectivity index (χ4n) is 1.97. The molecule has 0 aromatic rings. The average Bonchev–Trinajstić information content (AvgIpc) is 2.62. The van der Waals surface area contributed by atoms with Gasteiger partial charge in [0, 0.05) is 6.42 Å². The van der Waals surface area contributed by atoms with Crippen LogP contribution in [0.5, 0.6) is 0 Å². The second-order valence-corrected chi connectivity index (χ2v) is 5.58. The van der Waals surface area contributed by atoms with E-state index in [2.05, 4.69) is 44.4 Å². The van der Waals surface area contributed by atoms with Crippen molar-refractivity contribution in [2.24, 2.45) is 0 Å². The Balaban J connectivity index is 2.15. The predicted molar refractivity (Wildman–Crippen MR) is 68.4 cm³/mol. The van der Waals surface area contributed by atoms with Crippen molar-refractivity contribution < 1.29 is 4.74 Å². The lowest BCUT2D eigenvalue weighted by atomic mass is 10.1. The molecule has 16 heavy (non-hydrogen) atoms. The van der Waals surface area contributed by atoms with Crippen LogP contribution in [-0.4, -0.2) is 36.2 Å². The molecule has 1 saturated heterocycles. The van der Waals surface area contributed by atoms with Gasteiger partial charge in [-0.25, -0.2) is 0 Å². The highest BCUT2D eigenvalue weighted by Gasteiger charge is 2.14. The molecule has 2 heteroatoms. The lowest BCUT2D eigenvalue weighted by Gasteiger charge is -2.23. The van der Waals surface area contributed by atoms with Crippen molar-refractivity contribution in [2.45, 2.75) is 58.7 Å². The van der Waals surface area contributed by atoms with Crippen molar-refractivity contribution >= 4 is 0 Å². The van der Waals surface area contributed by atoms with Crippen LogP contribution in [-0.2, 0) is 4.74 Å². The van der Waals surface area contributed by atoms with E-state index in [9.17, 15) is 0 Å². The monoisotopic (exact) mass is 223 g/mol. The van der Waals surface area contributed by atoms with Gasteiger partial charge in [0.2, 0.25) is 0 Å². The highest BCUT2D eigenvalue weighted by Crippen LogP contribution is 2.12. The second kappa shape index (κ2) is 6.27. The fourth-order valence-corrected chi connectivity index (χ4v) is 1.97. The van der Waals surface area contributed by atoms with E-state index in [1.807, 2.05) is 0 Å². The van der Waals surface area contributed by atoms with E-state index in [1.165, 1.54) is 25.9 Å². The molecule has 1 aliphatic rings. The number of hydrogen-bond donors (Lipinski definition) is 0. The maximum atomic E-state index is 5.79. The molecule has 1 unspecified atom stereocenters. The molecule has 0 saturated carbocycles. The van der Waals surface area contributed by atoms with Gasteiger partial charge in [0.1, 0.15) is 0 Å². The Morgan fingerprint density at radius 3 is 2.38 bits per heavy atom. The number of likely N-dealkylation sites (tertiary alicyclic amines) is 1. The number of ether oxygens (including phenoxy) is 1. The summed E-state index contributed by atoms with van der Waals surface area (Å²) >= 11 is 0. The Morgan fingerprint density at radius 2 is 1.81 bits per heavy atom. The van der Waals surface area contributed by atoms with Crippen LogP contribution < -0.4 is 0 Å². The van der Waals surface area contributed by atoms with Crippen molar-refractivity contribution in [2.75, 3.05) is 19.6 Å². The Morgan fingerprint density at radius 1 is 1.19 bits per heavy atom. The fraction of sp³-hybridized carbons (Fsp3) is 0.857. The first-order valence-electron chi connectivity index (χ1n) is 6.33. The van der Waals surface area contributed by atoms with Gasteiger partial charge in [-0.3, -0.25) is 4.90 Å². The van der Waals surface area contributed by atoms with Gasteiger partial charge < -0.3 is 4.74 Å². The van der Waals surface area contributed by atoms with Crippen molar-refractivity contribution in [1.82, 2.24) is 4.90 Å². The Hall–Kier alpha value is -0.520. The van der Waals surface area contributed by atoms with E-state index >= 15 is 0 Å². The normalized spacial score (nSPS) is 19.2. The lowest BCUT2D eigenvalue weighted by molar-refractivity contribution is -0.0485. The molecular formula is C14H25NO. The average molecular weight is 223 g/mol. The smallest absolute Gasteiger partial charge is 0.0663 e. The van der Waals surface area contributed by atoms with E-state index < -0.39 is 0 Å². The molecular weight excluding hydrogens is 198 g/mol. The molecule has 2 nitrogen and oxygen atoms in total. The highest BCUT2D eigenvalue weighted by atomic mass is 16.5. The molecule has 0 aromatic heterocycles. The minimum atomic E-state index is -0.0595. The summed E-state index contributed by atoms with van der Waals surface area (Å²) in [6.07, 6.45) is 3.74. The summed E-state index contributed by atoms with van der Waals surface area (Å²) in [5, 5.41) is 0. The van der Waals surface area contributed by atoms with Crippen molar-refractivity contribution in [3.63, 3.8) is 0 Å². The minimum absolute atomic E-state index is 0.0595. The first-order valence-corrected chi connectivity index (χ1v) is 6.33. The quantitative estimate of drug-likeness (QED) is 0.682. The Labute approximate surface area is 100 Å². The van der Waals surface area contributed by atoms with Gasteiger partial charge in [-0.2, -0.15) is 0 Å². The van der Waals surface area contributed by atoms with E-state index in [4.69, 9.17) is 4.74 Å². The SMILES string of the molecule is CC(CC#CCN1CCCC1)OC(C)(C)C. The van der Waals surface area contributed by atoms with Gasteiger partial charge in [-0.1, -0.05) is 11.8 Å². The highest BCUT2D eigenvalue weighted by molar-refractivity contribution is 5.02. The molecule has 1 atom stereocenters. The van der Waals surface area contributed by atoms with Crippen molar-refractivity contribution in [3.8, 4) is 11.8 Å². The largest absolute Gasteiger partial charge is 0.372 e. The third-order valence-electron chi connectivity index (χ3n) is 2.57. The van der Waals surface area contributed by atoms with Crippen LogP contribution in [0.25, 0.3) is 0 Å². The van der Waals surface area contributed by atoms with Gasteiger partial charge in [0.05, 0.1) is 18.2 Å². The van der Waals surface area contributed by atoms with Crippen molar-refractivity contribution in [3.05, 3.63) is 0 Å². The van der Waals surface area contributed by atoms with Crippen LogP contribution in [0.3, 0.4) is 0 Å². The minimum Gasteiger partial charge on any atom is -0.372 e. The molecule has 0 radical (unpaired) electrons. The van der Waals surface area contributed by atoms with E-state index in [-0.39, 0.29) is 11.7 Å². The molecule has 1 rings (SSSR count). The van der Waals surface area contributed by atoms with Gasteiger partial charge in [0.25, 0.3) is 0 Å². The van der Waals surface area contributed by atoms with E-state index in [1.54, 1.807) is 0 Å². The Kier molecular flexibility index (Phi) is 5.31. The van der Waals surface area contributed by atoms with Crippen LogP contribution in [0.2, 0.25) is 0 Å². The summed E-state index contributed by atoms with van der Waals surface area (Å²) in [4.78, 5) is 2.42. The summed E-state index contributed by atoms with van der Waals surface area (Å²) in [5.74, 6) is 6.46. The maximum absolute atomic E-state index is 5.79. The zero-order chi connectivity index (χ0) is 12.0. The lowest BCUT2D eigenvalue weighted by Crippen LogP contribution is -2.25. The maximum Gasteiger partial charge on any atom is 0.0663 e. The van der Waals surface area contributed by atoms with Crippen LogP contribution >= 0.6 is 0 Å². The van der Waals surface area contributed by atoms with Crippen molar-refractivity contribution in [1.29, 1.82) is 0 Å². The van der Waals surface area contributed by atoms with Gasteiger partial charge in [-0.05, 0) is 53.6 Å². The van der Waals surface area contributed by atoms with Gasteiger partial charge >= 0.3 is 0 Å². The zero-order valence-electron chi connectivity index (χ0n) is 11.2. The molecule has 0 spiro atoms. The number of nitrogens with zero attached hydrogens (tertiary/aromatic N) is 1. The van der Waals surface area contributed by atoms with Gasteiger partial charge in [0.15, 0.2) is 0 Å². The molecule has 1 aliphatic heterocycles. The zero-order valence-corrected chi connectivity index (χ0v) is 11.2. The summed E-state index contributed by atoms with van der Waals surface area (Å²) in [6, 6.07) is 0. The summed E-state index contributed by atoms with van der Waals surface area (Å²) in [5.41, 5.74) is -0.0595. The van der Waals surface area contributed by atoms with Crippen LogP contribution in [0.15, 0.2) is 0 Å². The van der Waals surface area contributed by atoms with Gasteiger partial charge in [-0.15, -0.1) is 0 Å². The topological polar surface area (TPSA) is 12.5 Å². The van der Waals surface area contributed by atoms with Crippen LogP contribution in [0.1, 0.15) is 47.0 Å². The predicted octanol–water partition coefficient (Wildman–Crippen LogP) is 2.68. The molecule has 92 valence electrons. The molecule has 0 amide bonds. The van der Waals surface area contributed by atoms with Crippen LogP contribution in [0.4, 0.5) is 0 Å². The Bertz CT molecular complexity index is 250. The third-order valence-corrected chi connectivity index (χ3v) is 2.57. The molecule has 0 N–H and O–H groups in total. The first kappa shape index (κ1) is 13.5. The summed E-state index contributed by atoms with van der Waals surface area (Å²) in [7, 11) is 0. The molecule has 0 aromatic carbocycles. The number of hydrogen-bond acceptors (Lipinski definition) is 2. The summed E-state index contributed by atoms with van der Waals surface area (Å²) in [6.45, 7) is 11.7. The van der Waals surface area contributed by atoms with E-state index in [0.717, 1.165) is 13.0 Å². The standard InChI is InChI=1S/C14H25NO/c1-13(16-14(2,3)4)9-5-6-10-15-11-7-8-12-15/h13H,7-12H2,1-4H3. The molecule has 0 aliphatic carbocycles. The van der Waals surface area contributed by atoms with E-state index in [0.29, 0.717) is 0 Å². The molecule has 1 heterocycles. The summed E-state index contributed by atoms with van der Waals surface area (Å²) < 4.78 is 5.79.